The van der Waals surface area contributed by atoms with Crippen LogP contribution >= 0.6 is 0 Å². The lowest BCUT2D eigenvalue weighted by atomic mass is 10.2. The number of anilines is 2. The second kappa shape index (κ2) is 9.33. The molecule has 33 heavy (non-hydrogen) atoms. The van der Waals surface area contributed by atoms with E-state index < -0.39 is 15.7 Å². The maximum atomic E-state index is 13.4. The fourth-order valence-electron chi connectivity index (χ4n) is 3.11. The fraction of sp³-hybridized carbons (Fsp3) is 0.125. The van der Waals surface area contributed by atoms with E-state index in [0.29, 0.717) is 29.4 Å². The molecule has 0 aliphatic heterocycles. The Kier molecular flexibility index (Phi) is 6.32. The predicted octanol–water partition coefficient (Wildman–Crippen LogP) is 5.46. The molecule has 4 rings (SSSR count). The topological polar surface area (TPSA) is 90.7 Å². The molecule has 0 amide bonds. The van der Waals surface area contributed by atoms with Gasteiger partial charge < -0.3 is 19.2 Å². The van der Waals surface area contributed by atoms with Gasteiger partial charge in [0.15, 0.2) is 0 Å². The molecule has 0 radical (unpaired) electrons. The smallest absolute Gasteiger partial charge is 0.238 e. The van der Waals surface area contributed by atoms with Gasteiger partial charge in [-0.1, -0.05) is 6.07 Å². The molecule has 170 valence electrons. The molecule has 0 unspecified atom stereocenters. The first-order valence-electron chi connectivity index (χ1n) is 10.1. The molecule has 0 saturated heterocycles. The number of nitrogens with one attached hydrogen (secondary N) is 1. The third kappa shape index (κ3) is 4.83. The molecule has 0 atom stereocenters. The number of benzene rings is 3. The molecule has 0 fully saturated rings. The summed E-state index contributed by atoms with van der Waals surface area (Å²) in [6.45, 7) is 2.40. The first-order valence-corrected chi connectivity index (χ1v) is 11.5. The molecule has 1 heterocycles. The molecule has 7 nitrogen and oxygen atoms in total. The van der Waals surface area contributed by atoms with Crippen LogP contribution in [0.3, 0.4) is 0 Å². The van der Waals surface area contributed by atoms with Crippen molar-refractivity contribution in [2.45, 2.75) is 16.8 Å². The number of halogens is 1. The minimum absolute atomic E-state index is 0.0727. The van der Waals surface area contributed by atoms with Crippen LogP contribution in [-0.4, -0.2) is 27.1 Å². The lowest BCUT2D eigenvalue weighted by Crippen LogP contribution is -2.05. The molecule has 0 spiro atoms. The summed E-state index contributed by atoms with van der Waals surface area (Å²) in [5.41, 5.74) is 1.10. The monoisotopic (exact) mass is 468 g/mol. The van der Waals surface area contributed by atoms with Crippen LogP contribution in [0.5, 0.6) is 11.5 Å². The summed E-state index contributed by atoms with van der Waals surface area (Å²) in [6, 6.07) is 18.4. The first kappa shape index (κ1) is 22.3. The normalized spacial score (nSPS) is 11.2. The Balaban J connectivity index is 1.79. The summed E-state index contributed by atoms with van der Waals surface area (Å²) in [6.07, 6.45) is 0. The number of nitrogens with zero attached hydrogens (tertiary/aromatic N) is 1. The van der Waals surface area contributed by atoms with E-state index in [1.807, 2.05) is 6.92 Å². The maximum Gasteiger partial charge on any atom is 0.238 e. The van der Waals surface area contributed by atoms with E-state index >= 15 is 0 Å². The highest BCUT2D eigenvalue weighted by Crippen LogP contribution is 2.35. The Hall–Kier alpha value is -3.85. The van der Waals surface area contributed by atoms with Gasteiger partial charge in [0, 0.05) is 17.3 Å². The van der Waals surface area contributed by atoms with Crippen molar-refractivity contribution in [1.29, 1.82) is 0 Å². The molecule has 1 N–H and O–H groups in total. The number of hydrogen-bond donors (Lipinski definition) is 1. The van der Waals surface area contributed by atoms with Gasteiger partial charge in [0.25, 0.3) is 0 Å². The van der Waals surface area contributed by atoms with Crippen LogP contribution in [0, 0.1) is 5.82 Å². The molecule has 1 aromatic heterocycles. The van der Waals surface area contributed by atoms with Crippen molar-refractivity contribution in [1.82, 2.24) is 4.98 Å². The Morgan fingerprint density at radius 2 is 1.73 bits per heavy atom. The molecule has 0 bridgehead atoms. The Morgan fingerprint density at radius 3 is 2.39 bits per heavy atom. The van der Waals surface area contributed by atoms with E-state index in [2.05, 4.69) is 10.3 Å². The maximum absolute atomic E-state index is 13.4. The summed E-state index contributed by atoms with van der Waals surface area (Å²) in [5.74, 6) is 0.732. The van der Waals surface area contributed by atoms with Gasteiger partial charge in [-0.2, -0.15) is 4.98 Å². The number of oxazole rings is 1. The first-order chi connectivity index (χ1) is 15.9. The van der Waals surface area contributed by atoms with Gasteiger partial charge in [0.2, 0.25) is 26.6 Å². The van der Waals surface area contributed by atoms with Crippen molar-refractivity contribution in [2.24, 2.45) is 0 Å². The minimum Gasteiger partial charge on any atom is -0.497 e. The van der Waals surface area contributed by atoms with Crippen LogP contribution in [0.4, 0.5) is 16.0 Å². The van der Waals surface area contributed by atoms with Crippen LogP contribution < -0.4 is 14.8 Å². The highest BCUT2D eigenvalue weighted by molar-refractivity contribution is 7.91. The number of hydrogen-bond acceptors (Lipinski definition) is 7. The van der Waals surface area contributed by atoms with Crippen molar-refractivity contribution in [3.63, 3.8) is 0 Å². The molecule has 9 heteroatoms. The quantitative estimate of drug-likeness (QED) is 0.343. The number of sulfone groups is 1. The van der Waals surface area contributed by atoms with Crippen molar-refractivity contribution in [3.8, 4) is 23.0 Å². The van der Waals surface area contributed by atoms with Crippen LogP contribution in [-0.2, 0) is 9.84 Å². The second-order valence-corrected chi connectivity index (χ2v) is 8.79. The predicted molar refractivity (Wildman–Crippen MR) is 121 cm³/mol. The fourth-order valence-corrected chi connectivity index (χ4v) is 4.37. The van der Waals surface area contributed by atoms with E-state index in [9.17, 15) is 12.8 Å². The van der Waals surface area contributed by atoms with Gasteiger partial charge in [-0.3, -0.25) is 0 Å². The lowest BCUT2D eigenvalue weighted by molar-refractivity contribution is 0.340. The number of ether oxygens (including phenoxy) is 2. The average molecular weight is 469 g/mol. The molecule has 0 aliphatic carbocycles. The Labute approximate surface area is 190 Å². The zero-order chi connectivity index (χ0) is 23.4. The highest BCUT2D eigenvalue weighted by atomic mass is 32.2. The summed E-state index contributed by atoms with van der Waals surface area (Å²) in [4.78, 5) is 4.18. The van der Waals surface area contributed by atoms with Crippen molar-refractivity contribution in [2.75, 3.05) is 19.0 Å². The molecule has 0 saturated carbocycles. The largest absolute Gasteiger partial charge is 0.497 e. The molecular formula is C24H21FN2O5S. The third-order valence-corrected chi connectivity index (χ3v) is 6.39. The average Bonchev–Trinajstić information content (AvgIpc) is 3.25. The Bertz CT molecular complexity index is 1350. The minimum atomic E-state index is -4.12. The molecule has 3 aromatic carbocycles. The summed E-state index contributed by atoms with van der Waals surface area (Å²) >= 11 is 0. The number of aromatic nitrogens is 1. The number of rotatable bonds is 8. The van der Waals surface area contributed by atoms with Crippen LogP contribution in [0.1, 0.15) is 6.92 Å². The van der Waals surface area contributed by atoms with Crippen LogP contribution in [0.2, 0.25) is 0 Å². The summed E-state index contributed by atoms with van der Waals surface area (Å²) in [5, 5.41) is 2.65. The molecule has 4 aromatic rings. The van der Waals surface area contributed by atoms with Gasteiger partial charge in [-0.25, -0.2) is 12.8 Å². The standard InChI is InChI=1S/C24H21FN2O5S/c1-3-31-19-11-7-16(8-12-19)22-27-24(33(28,29)21-13-9-17(25)10-14-21)23(32-22)26-18-5-4-6-20(15-18)30-2/h4-15,26H,3H2,1-2H3. The van der Waals surface area contributed by atoms with E-state index in [1.165, 1.54) is 19.2 Å². The lowest BCUT2D eigenvalue weighted by Gasteiger charge is -2.07. The van der Waals surface area contributed by atoms with Crippen LogP contribution in [0.15, 0.2) is 87.1 Å². The third-order valence-electron chi connectivity index (χ3n) is 4.71. The van der Waals surface area contributed by atoms with Crippen LogP contribution in [0.25, 0.3) is 11.5 Å². The second-order valence-electron chi connectivity index (χ2n) is 6.92. The van der Waals surface area contributed by atoms with E-state index in [4.69, 9.17) is 13.9 Å². The van der Waals surface area contributed by atoms with Crippen molar-refractivity contribution >= 4 is 21.4 Å². The van der Waals surface area contributed by atoms with E-state index in [0.717, 1.165) is 12.1 Å². The van der Waals surface area contributed by atoms with Crippen molar-refractivity contribution in [3.05, 3.63) is 78.6 Å². The highest BCUT2D eigenvalue weighted by Gasteiger charge is 2.29. The molecular weight excluding hydrogens is 447 g/mol. The Morgan fingerprint density at radius 1 is 1.00 bits per heavy atom. The van der Waals surface area contributed by atoms with E-state index in [-0.39, 0.29) is 21.7 Å². The SMILES string of the molecule is CCOc1ccc(-c2nc(S(=O)(=O)c3ccc(F)cc3)c(Nc3cccc(OC)c3)o2)cc1. The van der Waals surface area contributed by atoms with E-state index in [1.54, 1.807) is 48.5 Å². The molecule has 0 aliphatic rings. The summed E-state index contributed by atoms with van der Waals surface area (Å²) in [7, 11) is -2.59. The summed E-state index contributed by atoms with van der Waals surface area (Å²) < 4.78 is 56.6. The number of methoxy groups -OCH3 is 1. The van der Waals surface area contributed by atoms with Gasteiger partial charge in [0.05, 0.1) is 18.6 Å². The van der Waals surface area contributed by atoms with Crippen molar-refractivity contribution < 1.29 is 26.7 Å². The van der Waals surface area contributed by atoms with Gasteiger partial charge >= 0.3 is 0 Å². The zero-order valence-corrected chi connectivity index (χ0v) is 18.7. The zero-order valence-electron chi connectivity index (χ0n) is 17.9. The van der Waals surface area contributed by atoms with Gasteiger partial charge in [-0.15, -0.1) is 0 Å². The van der Waals surface area contributed by atoms with Gasteiger partial charge in [-0.05, 0) is 67.6 Å². The van der Waals surface area contributed by atoms with Gasteiger partial charge in [0.1, 0.15) is 17.3 Å².